The van der Waals surface area contributed by atoms with Crippen molar-refractivity contribution in [2.24, 2.45) is 5.41 Å². The summed E-state index contributed by atoms with van der Waals surface area (Å²) < 4.78 is 34.8. The van der Waals surface area contributed by atoms with E-state index >= 15 is 0 Å². The molecule has 1 aliphatic rings. The summed E-state index contributed by atoms with van der Waals surface area (Å²) in [5.41, 5.74) is -0.158. The maximum absolute atomic E-state index is 12.3. The number of ether oxygens (including phenoxy) is 2. The van der Waals surface area contributed by atoms with Gasteiger partial charge in [0.25, 0.3) is 0 Å². The van der Waals surface area contributed by atoms with Crippen LogP contribution < -0.4 is 4.74 Å². The highest BCUT2D eigenvalue weighted by Gasteiger charge is 2.71. The molecule has 0 heterocycles. The van der Waals surface area contributed by atoms with Crippen molar-refractivity contribution in [3.8, 4) is 11.8 Å². The molecule has 1 fully saturated rings. The molecule has 0 unspecified atom stereocenters. The minimum atomic E-state index is -3.31. The Morgan fingerprint density at radius 3 is 2.33 bits per heavy atom. The van der Waals surface area contributed by atoms with Crippen molar-refractivity contribution in [1.82, 2.24) is 0 Å². The number of benzene rings is 1. The first-order valence-electron chi connectivity index (χ1n) is 6.72. The number of methoxy groups -OCH3 is 2. The van der Waals surface area contributed by atoms with Crippen molar-refractivity contribution in [1.29, 1.82) is 5.26 Å². The molecule has 114 valence electrons. The molecule has 1 aliphatic carbocycles. The molecule has 0 amide bonds. The van der Waals surface area contributed by atoms with E-state index in [4.69, 9.17) is 9.47 Å². The summed E-state index contributed by atoms with van der Waals surface area (Å²) in [7, 11) is -0.259. The van der Waals surface area contributed by atoms with Gasteiger partial charge in [0, 0.05) is 18.8 Å². The number of rotatable bonds is 6. The molecule has 0 bridgehead atoms. The van der Waals surface area contributed by atoms with Gasteiger partial charge in [-0.3, -0.25) is 0 Å². The molecule has 0 radical (unpaired) electrons. The Bertz CT molecular complexity index is 647. The second-order valence-electron chi connectivity index (χ2n) is 5.21. The molecule has 6 heteroatoms. The van der Waals surface area contributed by atoms with Crippen molar-refractivity contribution in [3.05, 3.63) is 29.8 Å². The molecule has 1 saturated carbocycles. The Morgan fingerprint density at radius 1 is 1.29 bits per heavy atom. The molecule has 5 nitrogen and oxygen atoms in total. The predicted octanol–water partition coefficient (Wildman–Crippen LogP) is 1.75. The second-order valence-corrected chi connectivity index (χ2v) is 7.62. The Morgan fingerprint density at radius 2 is 1.90 bits per heavy atom. The van der Waals surface area contributed by atoms with Gasteiger partial charge in [-0.1, -0.05) is 19.1 Å². The summed E-state index contributed by atoms with van der Waals surface area (Å²) in [6.07, 6.45) is 0. The van der Waals surface area contributed by atoms with Gasteiger partial charge in [0.05, 0.1) is 25.0 Å². The van der Waals surface area contributed by atoms with E-state index in [0.29, 0.717) is 5.75 Å². The van der Waals surface area contributed by atoms with Crippen LogP contribution in [0.3, 0.4) is 0 Å². The van der Waals surface area contributed by atoms with Crippen LogP contribution in [0.2, 0.25) is 0 Å². The van der Waals surface area contributed by atoms with Crippen LogP contribution in [0.1, 0.15) is 18.4 Å². The molecule has 0 saturated heterocycles. The summed E-state index contributed by atoms with van der Waals surface area (Å²) >= 11 is 0. The average molecular weight is 309 g/mol. The maximum atomic E-state index is 12.3. The van der Waals surface area contributed by atoms with Crippen molar-refractivity contribution in [2.75, 3.05) is 26.6 Å². The van der Waals surface area contributed by atoms with Crippen molar-refractivity contribution >= 4 is 9.84 Å². The first-order valence-corrected chi connectivity index (χ1v) is 8.44. The lowest BCUT2D eigenvalue weighted by molar-refractivity contribution is 0.162. The van der Waals surface area contributed by atoms with E-state index in [1.54, 1.807) is 26.2 Å². The van der Waals surface area contributed by atoms with E-state index in [-0.39, 0.29) is 18.3 Å². The zero-order chi connectivity index (χ0) is 15.7. The highest BCUT2D eigenvalue weighted by molar-refractivity contribution is 7.92. The zero-order valence-electron chi connectivity index (χ0n) is 12.4. The van der Waals surface area contributed by atoms with E-state index in [1.807, 2.05) is 12.1 Å². The standard InChI is InChI=1S/C15H19NO4S/c1-4-21(17,18)14-13(15(14,9-16)10-19-2)11-5-7-12(20-3)8-6-11/h5-8,13-14H,4,10H2,1-3H3/t13-,14-,15+/m0/s1. The van der Waals surface area contributed by atoms with Crippen LogP contribution in [0.4, 0.5) is 0 Å². The van der Waals surface area contributed by atoms with Gasteiger partial charge >= 0.3 is 0 Å². The van der Waals surface area contributed by atoms with Crippen LogP contribution in [0.5, 0.6) is 5.75 Å². The Hall–Kier alpha value is -1.58. The van der Waals surface area contributed by atoms with Gasteiger partial charge in [-0.05, 0) is 17.7 Å². The second kappa shape index (κ2) is 5.66. The Labute approximate surface area is 125 Å². The van der Waals surface area contributed by atoms with Crippen LogP contribution in [0.15, 0.2) is 24.3 Å². The van der Waals surface area contributed by atoms with Gasteiger partial charge < -0.3 is 9.47 Å². The van der Waals surface area contributed by atoms with Crippen LogP contribution in [-0.4, -0.2) is 40.2 Å². The topological polar surface area (TPSA) is 76.4 Å². The summed E-state index contributed by atoms with van der Waals surface area (Å²) in [6.45, 7) is 1.72. The lowest BCUT2D eigenvalue weighted by Gasteiger charge is -2.07. The molecule has 1 aromatic carbocycles. The molecule has 0 aliphatic heterocycles. The molecule has 1 aromatic rings. The normalized spacial score (nSPS) is 27.9. The molecule has 0 aromatic heterocycles. The van der Waals surface area contributed by atoms with Crippen LogP contribution in [0.25, 0.3) is 0 Å². The van der Waals surface area contributed by atoms with E-state index in [2.05, 4.69) is 6.07 Å². The predicted molar refractivity (Wildman–Crippen MR) is 78.9 cm³/mol. The van der Waals surface area contributed by atoms with Gasteiger partial charge in [-0.15, -0.1) is 0 Å². The van der Waals surface area contributed by atoms with Gasteiger partial charge in [-0.25, -0.2) is 8.42 Å². The minimum absolute atomic E-state index is 0.0253. The van der Waals surface area contributed by atoms with Gasteiger partial charge in [0.15, 0.2) is 9.84 Å². The molecule has 3 atom stereocenters. The quantitative estimate of drug-likeness (QED) is 0.800. The lowest BCUT2D eigenvalue weighted by Crippen LogP contribution is -2.20. The average Bonchev–Trinajstić information content (AvgIpc) is 3.18. The van der Waals surface area contributed by atoms with Gasteiger partial charge in [-0.2, -0.15) is 5.26 Å². The fourth-order valence-electron chi connectivity index (χ4n) is 2.97. The first kappa shape index (κ1) is 15.8. The third-order valence-electron chi connectivity index (χ3n) is 4.11. The molecule has 2 rings (SSSR count). The van der Waals surface area contributed by atoms with Gasteiger partial charge in [0.1, 0.15) is 11.2 Å². The summed E-state index contributed by atoms with van der Waals surface area (Å²) in [5.74, 6) is 0.374. The maximum Gasteiger partial charge on any atom is 0.155 e. The van der Waals surface area contributed by atoms with Gasteiger partial charge in [0.2, 0.25) is 0 Å². The largest absolute Gasteiger partial charge is 0.497 e. The number of hydrogen-bond donors (Lipinski definition) is 0. The van der Waals surface area contributed by atoms with E-state index < -0.39 is 20.5 Å². The van der Waals surface area contributed by atoms with Crippen molar-refractivity contribution in [2.45, 2.75) is 18.1 Å². The summed E-state index contributed by atoms with van der Waals surface area (Å²) in [6, 6.07) is 9.37. The lowest BCUT2D eigenvalue weighted by atomic mass is 10.0. The smallest absolute Gasteiger partial charge is 0.155 e. The highest BCUT2D eigenvalue weighted by Crippen LogP contribution is 2.62. The monoisotopic (exact) mass is 309 g/mol. The Balaban J connectivity index is 2.42. The van der Waals surface area contributed by atoms with E-state index in [1.165, 1.54) is 7.11 Å². The highest BCUT2D eigenvalue weighted by atomic mass is 32.2. The molecule has 21 heavy (non-hydrogen) atoms. The van der Waals surface area contributed by atoms with Crippen molar-refractivity contribution < 1.29 is 17.9 Å². The third-order valence-corrected chi connectivity index (χ3v) is 6.38. The van der Waals surface area contributed by atoms with E-state index in [9.17, 15) is 13.7 Å². The van der Waals surface area contributed by atoms with Crippen LogP contribution in [0, 0.1) is 16.7 Å². The molecule has 0 N–H and O–H groups in total. The molecular weight excluding hydrogens is 290 g/mol. The fraction of sp³-hybridized carbons (Fsp3) is 0.533. The first-order chi connectivity index (χ1) is 9.96. The molecular formula is C15H19NO4S. The summed E-state index contributed by atoms with van der Waals surface area (Å²) in [4.78, 5) is 0. The molecule has 0 spiro atoms. The van der Waals surface area contributed by atoms with Crippen LogP contribution >= 0.6 is 0 Å². The number of nitriles is 1. The van der Waals surface area contributed by atoms with Crippen molar-refractivity contribution in [3.63, 3.8) is 0 Å². The third kappa shape index (κ3) is 2.52. The summed E-state index contributed by atoms with van der Waals surface area (Å²) in [5, 5.41) is 8.83. The fourth-order valence-corrected chi connectivity index (χ4v) is 4.98. The Kier molecular flexibility index (Phi) is 4.26. The number of sulfone groups is 1. The zero-order valence-corrected chi connectivity index (χ0v) is 13.2. The van der Waals surface area contributed by atoms with Crippen LogP contribution in [-0.2, 0) is 14.6 Å². The SMILES string of the molecule is CCS(=O)(=O)[C@H]1[C@H](c2ccc(OC)cc2)[C@@]1(C#N)COC. The minimum Gasteiger partial charge on any atom is -0.497 e. The van der Waals surface area contributed by atoms with E-state index in [0.717, 1.165) is 5.56 Å². The number of nitrogens with zero attached hydrogens (tertiary/aromatic N) is 1. The number of hydrogen-bond acceptors (Lipinski definition) is 5.